The van der Waals surface area contributed by atoms with Crippen LogP contribution in [-0.2, 0) is 17.6 Å². The summed E-state index contributed by atoms with van der Waals surface area (Å²) < 4.78 is 0. The first-order chi connectivity index (χ1) is 10.6. The van der Waals surface area contributed by atoms with Crippen LogP contribution in [-0.4, -0.2) is 21.9 Å². The van der Waals surface area contributed by atoms with Gasteiger partial charge in [0.1, 0.15) is 5.82 Å². The summed E-state index contributed by atoms with van der Waals surface area (Å²) in [5, 5.41) is 0. The molecule has 0 saturated heterocycles. The van der Waals surface area contributed by atoms with Crippen molar-refractivity contribution in [2.75, 3.05) is 4.90 Å². The molecule has 2 unspecified atom stereocenters. The Hall–Kier alpha value is -2.14. The average molecular weight is 298 g/mol. The second kappa shape index (κ2) is 5.93. The highest BCUT2D eigenvalue weighted by Crippen LogP contribution is 2.37. The van der Waals surface area contributed by atoms with Crippen LogP contribution in [0.2, 0.25) is 0 Å². The van der Waals surface area contributed by atoms with Gasteiger partial charge in [-0.1, -0.05) is 25.1 Å². The molecule has 0 fully saturated rings. The maximum Gasteiger partial charge on any atom is 0.244 e. The number of aromatic amines is 1. The van der Waals surface area contributed by atoms with Crippen molar-refractivity contribution >= 4 is 11.6 Å². The van der Waals surface area contributed by atoms with Gasteiger partial charge in [-0.3, -0.25) is 4.79 Å². The number of fused-ring (bicyclic) bond motifs is 1. The molecule has 0 aliphatic carbocycles. The van der Waals surface area contributed by atoms with Crippen LogP contribution in [0.5, 0.6) is 0 Å². The lowest BCUT2D eigenvalue weighted by molar-refractivity contribution is -0.120. The maximum absolute atomic E-state index is 12.7. The molecule has 0 radical (unpaired) electrons. The zero-order valence-electron chi connectivity index (χ0n) is 13.0. The maximum atomic E-state index is 12.7. The van der Waals surface area contributed by atoms with E-state index >= 15 is 0 Å². The SMILES string of the molecule is CCc1cnc(C2CCc3ccccc3N2C(=O)C(C)N)[nH]1. The van der Waals surface area contributed by atoms with Crippen LogP contribution >= 0.6 is 0 Å². The van der Waals surface area contributed by atoms with Crippen LogP contribution in [0.3, 0.4) is 0 Å². The monoisotopic (exact) mass is 298 g/mol. The summed E-state index contributed by atoms with van der Waals surface area (Å²) >= 11 is 0. The molecule has 2 aromatic rings. The van der Waals surface area contributed by atoms with Gasteiger partial charge in [0, 0.05) is 17.6 Å². The van der Waals surface area contributed by atoms with Gasteiger partial charge in [-0.05, 0) is 37.8 Å². The van der Waals surface area contributed by atoms with Crippen molar-refractivity contribution in [2.45, 2.75) is 45.2 Å². The Morgan fingerprint density at radius 2 is 2.27 bits per heavy atom. The van der Waals surface area contributed by atoms with Gasteiger partial charge in [-0.15, -0.1) is 0 Å². The third-order valence-corrected chi connectivity index (χ3v) is 4.22. The van der Waals surface area contributed by atoms with E-state index in [2.05, 4.69) is 23.0 Å². The van der Waals surface area contributed by atoms with E-state index in [4.69, 9.17) is 5.73 Å². The van der Waals surface area contributed by atoms with E-state index in [9.17, 15) is 4.79 Å². The van der Waals surface area contributed by atoms with Gasteiger partial charge in [0.05, 0.1) is 12.1 Å². The van der Waals surface area contributed by atoms with Gasteiger partial charge < -0.3 is 15.6 Å². The molecular formula is C17H22N4O. The normalized spacial score (nSPS) is 18.9. The van der Waals surface area contributed by atoms with Gasteiger partial charge in [0.2, 0.25) is 5.91 Å². The molecule has 0 spiro atoms. The highest BCUT2D eigenvalue weighted by molar-refractivity contribution is 5.98. The second-order valence-electron chi connectivity index (χ2n) is 5.83. The quantitative estimate of drug-likeness (QED) is 0.913. The first-order valence-electron chi connectivity index (χ1n) is 7.82. The Balaban J connectivity index is 2.04. The second-order valence-corrected chi connectivity index (χ2v) is 5.83. The molecule has 1 amide bonds. The van der Waals surface area contributed by atoms with E-state index in [1.54, 1.807) is 6.92 Å². The number of nitrogens with one attached hydrogen (secondary N) is 1. The Kier molecular flexibility index (Phi) is 3.98. The van der Waals surface area contributed by atoms with Gasteiger partial charge in [0.15, 0.2) is 0 Å². The van der Waals surface area contributed by atoms with Crippen LogP contribution < -0.4 is 10.6 Å². The van der Waals surface area contributed by atoms with Crippen molar-refractivity contribution in [1.82, 2.24) is 9.97 Å². The number of carbonyl (C=O) groups excluding carboxylic acids is 1. The van der Waals surface area contributed by atoms with E-state index in [1.165, 1.54) is 5.56 Å². The molecule has 1 aromatic carbocycles. The minimum absolute atomic E-state index is 0.0633. The van der Waals surface area contributed by atoms with Crippen molar-refractivity contribution in [3.05, 3.63) is 47.5 Å². The Morgan fingerprint density at radius 3 is 2.95 bits per heavy atom. The number of nitrogens with zero attached hydrogens (tertiary/aromatic N) is 2. The lowest BCUT2D eigenvalue weighted by Crippen LogP contribution is -2.46. The number of anilines is 1. The summed E-state index contributed by atoms with van der Waals surface area (Å²) in [4.78, 5) is 22.3. The third-order valence-electron chi connectivity index (χ3n) is 4.22. The van der Waals surface area contributed by atoms with Crippen molar-refractivity contribution in [3.63, 3.8) is 0 Å². The van der Waals surface area contributed by atoms with Gasteiger partial charge in [-0.25, -0.2) is 4.98 Å². The Bertz CT molecular complexity index is 677. The first kappa shape index (κ1) is 14.8. The zero-order valence-corrected chi connectivity index (χ0v) is 13.0. The van der Waals surface area contributed by atoms with E-state index in [0.717, 1.165) is 36.5 Å². The van der Waals surface area contributed by atoms with Gasteiger partial charge in [-0.2, -0.15) is 0 Å². The lowest BCUT2D eigenvalue weighted by Gasteiger charge is -2.37. The number of amides is 1. The number of benzene rings is 1. The van der Waals surface area contributed by atoms with Crippen molar-refractivity contribution in [1.29, 1.82) is 0 Å². The largest absolute Gasteiger partial charge is 0.344 e. The van der Waals surface area contributed by atoms with E-state index in [0.29, 0.717) is 0 Å². The predicted octanol–water partition coefficient (Wildman–Crippen LogP) is 2.34. The molecule has 3 N–H and O–H groups in total. The molecule has 0 saturated carbocycles. The number of imidazole rings is 1. The lowest BCUT2D eigenvalue weighted by atomic mass is 9.94. The fourth-order valence-corrected chi connectivity index (χ4v) is 3.02. The zero-order chi connectivity index (χ0) is 15.7. The summed E-state index contributed by atoms with van der Waals surface area (Å²) in [6.07, 6.45) is 4.54. The van der Waals surface area contributed by atoms with Crippen molar-refractivity contribution in [2.24, 2.45) is 5.73 Å². The summed E-state index contributed by atoms with van der Waals surface area (Å²) in [5.41, 5.74) is 9.10. The number of para-hydroxylation sites is 1. The van der Waals surface area contributed by atoms with Crippen LogP contribution in [0.15, 0.2) is 30.5 Å². The van der Waals surface area contributed by atoms with Crippen LogP contribution in [0.4, 0.5) is 5.69 Å². The molecule has 22 heavy (non-hydrogen) atoms. The molecule has 0 bridgehead atoms. The van der Waals surface area contributed by atoms with E-state index < -0.39 is 6.04 Å². The minimum Gasteiger partial charge on any atom is -0.344 e. The van der Waals surface area contributed by atoms with Crippen LogP contribution in [0.1, 0.15) is 43.4 Å². The van der Waals surface area contributed by atoms with Crippen molar-refractivity contribution < 1.29 is 4.79 Å². The molecule has 2 heterocycles. The minimum atomic E-state index is -0.533. The molecule has 3 rings (SSSR count). The summed E-state index contributed by atoms with van der Waals surface area (Å²) in [7, 11) is 0. The van der Waals surface area contributed by atoms with E-state index in [1.807, 2.05) is 29.3 Å². The highest BCUT2D eigenvalue weighted by atomic mass is 16.2. The Labute approximate surface area is 130 Å². The fraction of sp³-hybridized carbons (Fsp3) is 0.412. The van der Waals surface area contributed by atoms with Crippen LogP contribution in [0.25, 0.3) is 0 Å². The molecule has 5 heteroatoms. The topological polar surface area (TPSA) is 75.0 Å². The number of aryl methyl sites for hydroxylation is 2. The molecular weight excluding hydrogens is 276 g/mol. The number of hydrogen-bond donors (Lipinski definition) is 2. The molecule has 116 valence electrons. The predicted molar refractivity (Wildman–Crippen MR) is 86.6 cm³/mol. The van der Waals surface area contributed by atoms with E-state index in [-0.39, 0.29) is 11.9 Å². The average Bonchev–Trinajstić information content (AvgIpc) is 3.02. The number of hydrogen-bond acceptors (Lipinski definition) is 3. The fourth-order valence-electron chi connectivity index (χ4n) is 3.02. The molecule has 1 aliphatic heterocycles. The molecule has 1 aromatic heterocycles. The number of rotatable bonds is 3. The summed E-state index contributed by atoms with van der Waals surface area (Å²) in [6.45, 7) is 3.81. The van der Waals surface area contributed by atoms with Gasteiger partial charge in [0.25, 0.3) is 0 Å². The van der Waals surface area contributed by atoms with Crippen LogP contribution in [0, 0.1) is 0 Å². The number of carbonyl (C=O) groups is 1. The number of nitrogens with two attached hydrogens (primary N) is 1. The summed E-state index contributed by atoms with van der Waals surface area (Å²) in [5.74, 6) is 0.784. The highest BCUT2D eigenvalue weighted by Gasteiger charge is 2.34. The smallest absolute Gasteiger partial charge is 0.244 e. The standard InChI is InChI=1S/C17H22N4O/c1-3-13-10-19-16(20-13)15-9-8-12-6-4-5-7-14(12)21(15)17(22)11(2)18/h4-7,10-11,15H,3,8-9,18H2,1-2H3,(H,19,20). The van der Waals surface area contributed by atoms with Crippen molar-refractivity contribution in [3.8, 4) is 0 Å². The van der Waals surface area contributed by atoms with Gasteiger partial charge >= 0.3 is 0 Å². The number of H-pyrrole nitrogens is 1. The number of aromatic nitrogens is 2. The molecule has 2 atom stereocenters. The molecule has 5 nitrogen and oxygen atoms in total. The Morgan fingerprint density at radius 1 is 1.50 bits per heavy atom. The molecule has 1 aliphatic rings. The third kappa shape index (κ3) is 2.52. The summed E-state index contributed by atoms with van der Waals surface area (Å²) in [6, 6.07) is 7.43. The first-order valence-corrected chi connectivity index (χ1v) is 7.82.